The molecule has 0 radical (unpaired) electrons. The van der Waals surface area contributed by atoms with E-state index >= 15 is 0 Å². The molecule has 1 fully saturated rings. The predicted octanol–water partition coefficient (Wildman–Crippen LogP) is 1.44. The number of likely N-dealkylation sites (tertiary alicyclic amines) is 1. The largest absolute Gasteiger partial charge is 0.504 e. The normalized spacial score (nSPS) is 27.7. The molecule has 4 N–H and O–H groups in total. The van der Waals surface area contributed by atoms with Crippen LogP contribution >= 0.6 is 0 Å². The van der Waals surface area contributed by atoms with Crippen LogP contribution in [0.5, 0.6) is 11.5 Å². The molecule has 0 unspecified atom stereocenters. The second kappa shape index (κ2) is 11.4. The van der Waals surface area contributed by atoms with Crippen LogP contribution in [0.15, 0.2) is 24.0 Å². The van der Waals surface area contributed by atoms with Gasteiger partial charge in [-0.2, -0.15) is 0 Å². The first-order valence-electron chi connectivity index (χ1n) is 13.6. The Labute approximate surface area is 241 Å². The average molecular weight is 590 g/mol. The molecule has 2 heterocycles. The van der Waals surface area contributed by atoms with Gasteiger partial charge in [-0.25, -0.2) is 4.79 Å². The average Bonchev–Trinajstić information content (AvgIpc) is 3.27. The molecule has 1 aromatic rings. The summed E-state index contributed by atoms with van der Waals surface area (Å²) in [5.74, 6) is -7.17. The molecule has 1 aromatic carbocycles. The van der Waals surface area contributed by atoms with Gasteiger partial charge in [-0.3, -0.25) is 14.4 Å². The smallest absolute Gasteiger partial charge is 0.345 e. The summed E-state index contributed by atoms with van der Waals surface area (Å²) in [6, 6.07) is 2.89. The van der Waals surface area contributed by atoms with Gasteiger partial charge in [-0.15, -0.1) is 0 Å². The van der Waals surface area contributed by atoms with Crippen LogP contribution in [0.1, 0.15) is 57.1 Å². The lowest BCUT2D eigenvalue weighted by molar-refractivity contribution is -0.172. The number of ketones is 1. The number of phenolic OH excluding ortho intramolecular Hbond substituents is 1. The maximum absolute atomic E-state index is 13.2. The van der Waals surface area contributed by atoms with Gasteiger partial charge in [0.2, 0.25) is 6.10 Å². The fourth-order valence-corrected chi connectivity index (χ4v) is 6.54. The van der Waals surface area contributed by atoms with Crippen LogP contribution in [0.4, 0.5) is 0 Å². The van der Waals surface area contributed by atoms with Gasteiger partial charge in [0.15, 0.2) is 17.6 Å². The Morgan fingerprint density at radius 1 is 1.14 bits per heavy atom. The van der Waals surface area contributed by atoms with E-state index in [1.807, 2.05) is 25.8 Å². The summed E-state index contributed by atoms with van der Waals surface area (Å²) in [5, 5.41) is 41.1. The number of aliphatic carboxylic acids is 2. The molecule has 0 bridgehead atoms. The van der Waals surface area contributed by atoms with E-state index in [4.69, 9.17) is 19.3 Å². The van der Waals surface area contributed by atoms with Gasteiger partial charge in [0.05, 0.1) is 29.8 Å². The number of nitrogens with zero attached hydrogens (tertiary/aromatic N) is 1. The monoisotopic (exact) mass is 589 g/mol. The molecule has 1 saturated heterocycles. The lowest BCUT2D eigenvalue weighted by Crippen LogP contribution is -2.71. The number of rotatable bonds is 10. The summed E-state index contributed by atoms with van der Waals surface area (Å²) in [4.78, 5) is 62.2. The SMILES string of the molecule is CC(=O)C[C@@H](CC(=O)OC1=CC[C@@]2(O)[C@@H](C)N(C)CC[C@@]23c2c(C)ccc(O)c2O[C@@H]13)C(=O)O[C@@H](CC(=O)O)C(=O)O. The number of hydrogen-bond donors (Lipinski definition) is 4. The van der Waals surface area contributed by atoms with Crippen LogP contribution in [-0.2, 0) is 38.9 Å². The van der Waals surface area contributed by atoms with Gasteiger partial charge in [-0.05, 0) is 58.5 Å². The summed E-state index contributed by atoms with van der Waals surface area (Å²) in [6.07, 6.45) is -3.11. The Morgan fingerprint density at radius 2 is 1.83 bits per heavy atom. The molecule has 13 heteroatoms. The molecule has 4 rings (SSSR count). The summed E-state index contributed by atoms with van der Waals surface area (Å²) < 4.78 is 16.8. The predicted molar refractivity (Wildman–Crippen MR) is 143 cm³/mol. The number of esters is 2. The second-order valence-corrected chi connectivity index (χ2v) is 11.4. The summed E-state index contributed by atoms with van der Waals surface area (Å²) in [5.41, 5.74) is -1.02. The maximum Gasteiger partial charge on any atom is 0.345 e. The highest BCUT2D eigenvalue weighted by atomic mass is 16.6. The third-order valence-electron chi connectivity index (χ3n) is 8.74. The van der Waals surface area contributed by atoms with Crippen LogP contribution in [-0.4, -0.2) is 92.4 Å². The van der Waals surface area contributed by atoms with Crippen LogP contribution in [0.25, 0.3) is 0 Å². The van der Waals surface area contributed by atoms with E-state index in [0.29, 0.717) is 18.5 Å². The first kappa shape index (κ1) is 31.0. The van der Waals surface area contributed by atoms with Gasteiger partial charge in [-0.1, -0.05) is 6.07 Å². The molecule has 0 saturated carbocycles. The Bertz CT molecular complexity index is 1350. The van der Waals surface area contributed by atoms with Crippen molar-refractivity contribution in [3.8, 4) is 11.5 Å². The molecule has 3 aliphatic rings. The Morgan fingerprint density at radius 3 is 2.45 bits per heavy atom. The number of hydrogen-bond acceptors (Lipinski definition) is 11. The number of aromatic hydroxyl groups is 1. The van der Waals surface area contributed by atoms with Crippen LogP contribution in [0, 0.1) is 12.8 Å². The number of Topliss-reactive ketones (excluding diaryl/α,β-unsaturated/α-hetero) is 1. The van der Waals surface area contributed by atoms with Crippen molar-refractivity contribution in [2.45, 2.75) is 82.1 Å². The number of carboxylic acid groups (broad SMARTS) is 2. The van der Waals surface area contributed by atoms with Crippen LogP contribution in [0.3, 0.4) is 0 Å². The number of piperidine rings is 1. The molecule has 6 atom stereocenters. The van der Waals surface area contributed by atoms with Crippen LogP contribution < -0.4 is 4.74 Å². The van der Waals surface area contributed by atoms with E-state index in [0.717, 1.165) is 5.56 Å². The standard InChI is InChI=1S/C29H35NO12/c1-14-5-6-18(32)24-23(14)28-9-10-30(4)16(3)29(28,39)8-7-19(25(28)42-24)40-22(35)12-17(11-15(2)31)27(38)41-20(26(36)37)13-21(33)34/h5-7,16-17,20,25,32,39H,8-13H2,1-4H3,(H,33,34)(H,36,37)/t16-,17+,20+,25+,28+,29-/m1/s1. The molecule has 0 amide bonds. The van der Waals surface area contributed by atoms with Crippen molar-refractivity contribution in [3.05, 3.63) is 35.1 Å². The van der Waals surface area contributed by atoms with Crippen molar-refractivity contribution in [1.82, 2.24) is 4.90 Å². The molecule has 42 heavy (non-hydrogen) atoms. The quantitative estimate of drug-likeness (QED) is 0.286. The van der Waals surface area contributed by atoms with Crippen molar-refractivity contribution in [2.24, 2.45) is 5.92 Å². The highest BCUT2D eigenvalue weighted by molar-refractivity contribution is 5.88. The van der Waals surface area contributed by atoms with E-state index < -0.39 is 78.1 Å². The van der Waals surface area contributed by atoms with Crippen molar-refractivity contribution in [1.29, 1.82) is 0 Å². The van der Waals surface area contributed by atoms with Gasteiger partial charge in [0, 0.05) is 24.4 Å². The fraction of sp³-hybridized carbons (Fsp3) is 0.552. The summed E-state index contributed by atoms with van der Waals surface area (Å²) in [7, 11) is 1.90. The molecule has 13 nitrogen and oxygen atoms in total. The molecule has 228 valence electrons. The number of carboxylic acids is 2. The molecular formula is C29H35NO12. The zero-order chi connectivity index (χ0) is 31.1. The number of benzene rings is 1. The number of aryl methyl sites for hydroxylation is 1. The number of carbonyl (C=O) groups is 5. The van der Waals surface area contributed by atoms with E-state index in [9.17, 15) is 39.3 Å². The highest BCUT2D eigenvalue weighted by Gasteiger charge is 2.69. The van der Waals surface area contributed by atoms with Crippen molar-refractivity contribution in [2.75, 3.05) is 13.6 Å². The van der Waals surface area contributed by atoms with E-state index in [-0.39, 0.29) is 29.7 Å². The molecular weight excluding hydrogens is 554 g/mol. The zero-order valence-electron chi connectivity index (χ0n) is 23.8. The Hall–Kier alpha value is -3.97. The lowest BCUT2D eigenvalue weighted by Gasteiger charge is -2.58. The topological polar surface area (TPSA) is 197 Å². The second-order valence-electron chi connectivity index (χ2n) is 11.4. The van der Waals surface area contributed by atoms with E-state index in [1.165, 1.54) is 13.0 Å². The van der Waals surface area contributed by atoms with Crippen molar-refractivity contribution < 1.29 is 58.6 Å². The molecule has 1 aliphatic carbocycles. The highest BCUT2D eigenvalue weighted by Crippen LogP contribution is 2.62. The van der Waals surface area contributed by atoms with Gasteiger partial charge < -0.3 is 44.3 Å². The first-order chi connectivity index (χ1) is 19.6. The Kier molecular flexibility index (Phi) is 8.38. The number of carbonyl (C=O) groups excluding carboxylic acids is 3. The minimum Gasteiger partial charge on any atom is -0.504 e. The summed E-state index contributed by atoms with van der Waals surface area (Å²) >= 11 is 0. The Balaban J connectivity index is 1.62. The third kappa shape index (κ3) is 5.22. The number of phenols is 1. The van der Waals surface area contributed by atoms with E-state index in [1.54, 1.807) is 12.1 Å². The number of aliphatic hydroxyl groups is 1. The molecule has 1 spiro atoms. The van der Waals surface area contributed by atoms with Gasteiger partial charge in [0.25, 0.3) is 0 Å². The fourth-order valence-electron chi connectivity index (χ4n) is 6.54. The molecule has 0 aromatic heterocycles. The van der Waals surface area contributed by atoms with Crippen molar-refractivity contribution >= 4 is 29.7 Å². The molecule has 2 aliphatic heterocycles. The summed E-state index contributed by atoms with van der Waals surface area (Å²) in [6.45, 7) is 5.49. The van der Waals surface area contributed by atoms with E-state index in [2.05, 4.69) is 0 Å². The zero-order valence-corrected chi connectivity index (χ0v) is 23.8. The lowest BCUT2D eigenvalue weighted by atomic mass is 9.54. The number of fused-ring (bicyclic) bond motifs is 1. The van der Waals surface area contributed by atoms with Crippen molar-refractivity contribution in [3.63, 3.8) is 0 Å². The van der Waals surface area contributed by atoms with Gasteiger partial charge in [0.1, 0.15) is 11.5 Å². The van der Waals surface area contributed by atoms with Gasteiger partial charge >= 0.3 is 23.9 Å². The third-order valence-corrected chi connectivity index (χ3v) is 8.74. The maximum atomic E-state index is 13.2. The minimum absolute atomic E-state index is 0.0701. The number of ether oxygens (including phenoxy) is 3. The number of likely N-dealkylation sites (N-methyl/N-ethyl adjacent to an activating group) is 1. The first-order valence-corrected chi connectivity index (χ1v) is 13.6. The van der Waals surface area contributed by atoms with Crippen LogP contribution in [0.2, 0.25) is 0 Å². The minimum atomic E-state index is -2.01.